The van der Waals surface area contributed by atoms with Gasteiger partial charge < -0.3 is 20.6 Å². The summed E-state index contributed by atoms with van der Waals surface area (Å²) in [5, 5.41) is 10.7. The van der Waals surface area contributed by atoms with Crippen molar-refractivity contribution in [2.75, 3.05) is 6.61 Å². The topological polar surface area (TPSA) is 88.3 Å². The van der Waals surface area contributed by atoms with E-state index in [4.69, 9.17) is 10.5 Å². The second-order valence-electron chi connectivity index (χ2n) is 5.79. The molecule has 0 aliphatic heterocycles. The van der Waals surface area contributed by atoms with Gasteiger partial charge in [-0.05, 0) is 22.6 Å². The van der Waals surface area contributed by atoms with Gasteiger partial charge in [-0.3, -0.25) is 0 Å². The molecular weight excluding hydrogens is 304 g/mol. The van der Waals surface area contributed by atoms with Crippen LogP contribution in [0.4, 0.5) is 4.79 Å². The molecule has 0 aliphatic rings. The van der Waals surface area contributed by atoms with Crippen molar-refractivity contribution >= 4 is 17.0 Å². The lowest BCUT2D eigenvalue weighted by Gasteiger charge is -2.33. The second-order valence-corrected chi connectivity index (χ2v) is 5.79. The van der Waals surface area contributed by atoms with Crippen LogP contribution < -0.4 is 5.73 Å². The highest BCUT2D eigenvalue weighted by molar-refractivity contribution is 5.82. The minimum absolute atomic E-state index is 0.122. The number of hydrogen-bond acceptors (Lipinski definition) is 3. The van der Waals surface area contributed by atoms with Crippen LogP contribution in [0.25, 0.3) is 10.9 Å². The van der Waals surface area contributed by atoms with Crippen molar-refractivity contribution in [3.05, 3.63) is 71.9 Å². The summed E-state index contributed by atoms with van der Waals surface area (Å²) in [5.41, 5.74) is 7.12. The summed E-state index contributed by atoms with van der Waals surface area (Å²) < 4.78 is 5.56. The Bertz CT molecular complexity index is 829. The molecule has 0 bridgehead atoms. The first-order valence-electron chi connectivity index (χ1n) is 7.84. The second kappa shape index (κ2) is 6.76. The Labute approximate surface area is 140 Å². The molecule has 5 heteroatoms. The molecule has 1 heterocycles. The maximum atomic E-state index is 11.6. The Morgan fingerprint density at radius 2 is 1.92 bits per heavy atom. The molecule has 5 nitrogen and oxygen atoms in total. The molecule has 124 valence electrons. The van der Waals surface area contributed by atoms with Gasteiger partial charge in [0.25, 0.3) is 0 Å². The highest BCUT2D eigenvalue weighted by atomic mass is 16.6. The molecule has 1 aromatic heterocycles. The van der Waals surface area contributed by atoms with Gasteiger partial charge >= 0.3 is 6.09 Å². The van der Waals surface area contributed by atoms with Gasteiger partial charge in [-0.15, -0.1) is 0 Å². The molecule has 3 aromatic rings. The molecular formula is C19H20N2O3. The van der Waals surface area contributed by atoms with Crippen molar-refractivity contribution in [1.29, 1.82) is 0 Å². The van der Waals surface area contributed by atoms with Crippen LogP contribution in [-0.4, -0.2) is 22.8 Å². The summed E-state index contributed by atoms with van der Waals surface area (Å²) in [6.07, 6.45) is 1.69. The number of nitrogens with two attached hydrogens (primary N) is 1. The number of H-pyrrole nitrogens is 1. The first kappa shape index (κ1) is 16.1. The van der Waals surface area contributed by atoms with Crippen molar-refractivity contribution in [1.82, 2.24) is 4.98 Å². The molecule has 0 spiro atoms. The van der Waals surface area contributed by atoms with E-state index in [0.29, 0.717) is 6.42 Å². The van der Waals surface area contributed by atoms with Crippen LogP contribution in [0, 0.1) is 0 Å². The number of aliphatic hydroxyl groups excluding tert-OH is 1. The fourth-order valence-corrected chi connectivity index (χ4v) is 3.20. The number of benzene rings is 2. The maximum absolute atomic E-state index is 11.6. The van der Waals surface area contributed by atoms with Gasteiger partial charge in [0.1, 0.15) is 5.60 Å². The number of aromatic nitrogens is 1. The fourth-order valence-electron chi connectivity index (χ4n) is 3.20. The van der Waals surface area contributed by atoms with Gasteiger partial charge in [0.2, 0.25) is 0 Å². The largest absolute Gasteiger partial charge is 0.438 e. The third kappa shape index (κ3) is 3.12. The van der Waals surface area contributed by atoms with E-state index in [2.05, 4.69) is 4.98 Å². The number of aromatic amines is 1. The summed E-state index contributed by atoms with van der Waals surface area (Å²) in [5.74, 6) is 0. The zero-order valence-electron chi connectivity index (χ0n) is 13.2. The van der Waals surface area contributed by atoms with Crippen molar-refractivity contribution in [3.8, 4) is 0 Å². The van der Waals surface area contributed by atoms with Crippen LogP contribution in [0.5, 0.6) is 0 Å². The van der Waals surface area contributed by atoms with Gasteiger partial charge in [-0.2, -0.15) is 0 Å². The van der Waals surface area contributed by atoms with E-state index in [0.717, 1.165) is 22.0 Å². The molecule has 0 fully saturated rings. The van der Waals surface area contributed by atoms with Gasteiger partial charge in [-0.25, -0.2) is 4.79 Å². The average molecular weight is 324 g/mol. The minimum Gasteiger partial charge on any atom is -0.438 e. The summed E-state index contributed by atoms with van der Waals surface area (Å²) >= 11 is 0. The number of ether oxygens (including phenoxy) is 1. The first-order chi connectivity index (χ1) is 11.6. The van der Waals surface area contributed by atoms with Gasteiger partial charge in [0.15, 0.2) is 0 Å². The summed E-state index contributed by atoms with van der Waals surface area (Å²) in [7, 11) is 0. The van der Waals surface area contributed by atoms with E-state index in [1.54, 1.807) is 0 Å². The zero-order chi connectivity index (χ0) is 17.0. The summed E-state index contributed by atoms with van der Waals surface area (Å²) in [4.78, 5) is 14.8. The van der Waals surface area contributed by atoms with Crippen LogP contribution >= 0.6 is 0 Å². The lowest BCUT2D eigenvalue weighted by Crippen LogP contribution is -2.38. The number of fused-ring (bicyclic) bond motifs is 1. The van der Waals surface area contributed by atoms with E-state index in [9.17, 15) is 9.90 Å². The molecule has 0 radical (unpaired) electrons. The Morgan fingerprint density at radius 3 is 2.62 bits per heavy atom. The molecule has 0 saturated carbocycles. The van der Waals surface area contributed by atoms with Crippen LogP contribution in [0.15, 0.2) is 60.8 Å². The molecule has 24 heavy (non-hydrogen) atoms. The normalized spacial score (nSPS) is 13.5. The summed E-state index contributed by atoms with van der Waals surface area (Å²) in [6.45, 7) is -0.122. The summed E-state index contributed by atoms with van der Waals surface area (Å²) in [6, 6.07) is 17.4. The lowest BCUT2D eigenvalue weighted by molar-refractivity contribution is -0.00570. The van der Waals surface area contributed by atoms with Crippen molar-refractivity contribution in [2.24, 2.45) is 5.73 Å². The highest BCUT2D eigenvalue weighted by Crippen LogP contribution is 2.35. The molecule has 4 N–H and O–H groups in total. The van der Waals surface area contributed by atoms with Crippen molar-refractivity contribution in [2.45, 2.75) is 18.4 Å². The van der Waals surface area contributed by atoms with E-state index < -0.39 is 11.7 Å². The predicted molar refractivity (Wildman–Crippen MR) is 92.5 cm³/mol. The Hall–Kier alpha value is -2.79. The van der Waals surface area contributed by atoms with E-state index in [-0.39, 0.29) is 13.0 Å². The highest BCUT2D eigenvalue weighted by Gasteiger charge is 2.36. The molecule has 1 amide bonds. The Kier molecular flexibility index (Phi) is 4.53. The SMILES string of the molecule is NC(=O)OC(CCO)(Cc1cccc2cc[nH]c12)c1ccccc1. The number of para-hydroxylation sites is 1. The Balaban J connectivity index is 2.09. The third-order valence-corrected chi connectivity index (χ3v) is 4.26. The van der Waals surface area contributed by atoms with Crippen LogP contribution in [0.2, 0.25) is 0 Å². The van der Waals surface area contributed by atoms with Crippen LogP contribution in [0.1, 0.15) is 17.5 Å². The monoisotopic (exact) mass is 324 g/mol. The van der Waals surface area contributed by atoms with Crippen LogP contribution in [0.3, 0.4) is 0 Å². The minimum atomic E-state index is -1.01. The first-order valence-corrected chi connectivity index (χ1v) is 7.84. The number of nitrogens with one attached hydrogen (secondary N) is 1. The molecule has 1 atom stereocenters. The number of primary amides is 1. The Morgan fingerprint density at radius 1 is 1.12 bits per heavy atom. The molecule has 1 unspecified atom stereocenters. The van der Waals surface area contributed by atoms with Crippen molar-refractivity contribution < 1.29 is 14.6 Å². The van der Waals surface area contributed by atoms with E-state index in [1.807, 2.05) is 60.8 Å². The maximum Gasteiger partial charge on any atom is 0.405 e. The molecule has 0 aliphatic carbocycles. The number of hydrogen-bond donors (Lipinski definition) is 3. The van der Waals surface area contributed by atoms with Crippen LogP contribution in [-0.2, 0) is 16.8 Å². The fraction of sp³-hybridized carbons (Fsp3) is 0.211. The third-order valence-electron chi connectivity index (χ3n) is 4.26. The average Bonchev–Trinajstić information content (AvgIpc) is 3.05. The van der Waals surface area contributed by atoms with Gasteiger partial charge in [-0.1, -0.05) is 48.5 Å². The van der Waals surface area contributed by atoms with E-state index >= 15 is 0 Å². The number of aliphatic hydroxyl groups is 1. The number of carbonyl (C=O) groups excluding carboxylic acids is 1. The van der Waals surface area contributed by atoms with Gasteiger partial charge in [0, 0.05) is 31.2 Å². The predicted octanol–water partition coefficient (Wildman–Crippen LogP) is 3.08. The molecule has 2 aromatic carbocycles. The molecule has 0 saturated heterocycles. The standard InChI is InChI=1S/C19H20N2O3/c20-18(23)24-19(10-12-22,16-7-2-1-3-8-16)13-15-6-4-5-14-9-11-21-17(14)15/h1-9,11,21-22H,10,12-13H2,(H2,20,23). The lowest BCUT2D eigenvalue weighted by atomic mass is 9.84. The zero-order valence-corrected chi connectivity index (χ0v) is 13.2. The van der Waals surface area contributed by atoms with Crippen molar-refractivity contribution in [3.63, 3.8) is 0 Å². The van der Waals surface area contributed by atoms with E-state index in [1.165, 1.54) is 0 Å². The van der Waals surface area contributed by atoms with Gasteiger partial charge in [0.05, 0.1) is 0 Å². The number of rotatable bonds is 6. The number of amides is 1. The molecule has 3 rings (SSSR count). The smallest absolute Gasteiger partial charge is 0.405 e. The number of carbonyl (C=O) groups is 1. The quantitative estimate of drug-likeness (QED) is 0.651.